The summed E-state index contributed by atoms with van der Waals surface area (Å²) in [5, 5.41) is 11.2. The van der Waals surface area contributed by atoms with Crippen LogP contribution in [0, 0.1) is 10.1 Å². The Hall–Kier alpha value is -1.99. The molecule has 1 aromatic carbocycles. The molecule has 0 bridgehead atoms. The van der Waals surface area contributed by atoms with Crippen molar-refractivity contribution < 1.29 is 23.9 Å². The van der Waals surface area contributed by atoms with Crippen molar-refractivity contribution in [2.24, 2.45) is 0 Å². The van der Waals surface area contributed by atoms with Crippen molar-refractivity contribution in [3.63, 3.8) is 0 Å². The third-order valence-electron chi connectivity index (χ3n) is 3.91. The average molecular weight is 309 g/mol. The fourth-order valence-corrected chi connectivity index (χ4v) is 2.61. The van der Waals surface area contributed by atoms with E-state index in [9.17, 15) is 14.9 Å². The number of carbonyl (C=O) groups excluding carboxylic acids is 1. The maximum atomic E-state index is 12.0. The van der Waals surface area contributed by atoms with Crippen molar-refractivity contribution in [3.05, 3.63) is 39.9 Å². The molecule has 1 fully saturated rings. The van der Waals surface area contributed by atoms with E-state index < -0.39 is 28.9 Å². The van der Waals surface area contributed by atoms with Crippen LogP contribution in [0.4, 0.5) is 5.69 Å². The molecule has 0 unspecified atom stereocenters. The van der Waals surface area contributed by atoms with Crippen LogP contribution in [-0.2, 0) is 19.0 Å². The van der Waals surface area contributed by atoms with Gasteiger partial charge in [-0.05, 0) is 18.9 Å². The summed E-state index contributed by atoms with van der Waals surface area (Å²) >= 11 is 0. The van der Waals surface area contributed by atoms with Crippen LogP contribution in [0.5, 0.6) is 0 Å². The summed E-state index contributed by atoms with van der Waals surface area (Å²) in [5.41, 5.74) is 0.208. The van der Waals surface area contributed by atoms with E-state index in [4.69, 9.17) is 14.2 Å². The average Bonchev–Trinajstić information content (AvgIpc) is 2.94. The molecule has 1 aliphatic heterocycles. The highest BCUT2D eigenvalue weighted by molar-refractivity contribution is 5.76. The molecule has 120 valence electrons. The molecule has 0 aliphatic carbocycles. The van der Waals surface area contributed by atoms with Gasteiger partial charge in [0.1, 0.15) is 6.10 Å². The zero-order chi connectivity index (χ0) is 16.3. The van der Waals surface area contributed by atoms with Crippen LogP contribution in [0.15, 0.2) is 24.3 Å². The van der Waals surface area contributed by atoms with Gasteiger partial charge in [0.2, 0.25) is 0 Å². The van der Waals surface area contributed by atoms with Gasteiger partial charge >= 0.3 is 5.97 Å². The molecule has 0 radical (unpaired) electrons. The number of hydrogen-bond acceptors (Lipinski definition) is 6. The molecule has 0 N–H and O–H groups in total. The lowest BCUT2D eigenvalue weighted by Crippen LogP contribution is -2.32. The smallest absolute Gasteiger partial charge is 0.338 e. The van der Waals surface area contributed by atoms with Gasteiger partial charge in [-0.15, -0.1) is 0 Å². The maximum absolute atomic E-state index is 12.0. The molecule has 1 aromatic rings. The summed E-state index contributed by atoms with van der Waals surface area (Å²) in [6.45, 7) is 3.75. The van der Waals surface area contributed by atoms with Crippen molar-refractivity contribution >= 4 is 11.7 Å². The molecular formula is C15H19NO6. The van der Waals surface area contributed by atoms with E-state index in [0.717, 1.165) is 0 Å². The Kier molecular flexibility index (Phi) is 4.77. The van der Waals surface area contributed by atoms with Crippen LogP contribution >= 0.6 is 0 Å². The van der Waals surface area contributed by atoms with Gasteiger partial charge in [-0.2, -0.15) is 0 Å². The van der Waals surface area contributed by atoms with Gasteiger partial charge in [-0.25, -0.2) is 4.79 Å². The van der Waals surface area contributed by atoms with E-state index in [1.54, 1.807) is 18.2 Å². The fourth-order valence-electron chi connectivity index (χ4n) is 2.61. The van der Waals surface area contributed by atoms with Gasteiger partial charge in [0.15, 0.2) is 11.9 Å². The number of esters is 1. The molecule has 0 spiro atoms. The summed E-state index contributed by atoms with van der Waals surface area (Å²) < 4.78 is 16.5. The fraction of sp³-hybridized carbons (Fsp3) is 0.533. The summed E-state index contributed by atoms with van der Waals surface area (Å²) in [5.74, 6) is -1.54. The van der Waals surface area contributed by atoms with Crippen molar-refractivity contribution in [3.8, 4) is 0 Å². The standard InChI is InChI=1S/C15H19NO6/c1-4-15(5-2)21-12(13(22-15)14(17)20-3)10-8-6-7-9-11(10)16(18)19/h6-9,12-13H,4-5H2,1-3H3/t12-,13+/m1/s1. The predicted molar refractivity (Wildman–Crippen MR) is 77.1 cm³/mol. The lowest BCUT2D eigenvalue weighted by molar-refractivity contribution is -0.386. The van der Waals surface area contributed by atoms with E-state index in [1.807, 2.05) is 13.8 Å². The van der Waals surface area contributed by atoms with Crippen molar-refractivity contribution in [2.75, 3.05) is 7.11 Å². The number of nitrogens with zero attached hydrogens (tertiary/aromatic N) is 1. The minimum absolute atomic E-state index is 0.104. The number of carbonyl (C=O) groups is 1. The van der Waals surface area contributed by atoms with Crippen molar-refractivity contribution in [2.45, 2.75) is 44.7 Å². The number of rotatable bonds is 5. The highest BCUT2D eigenvalue weighted by Gasteiger charge is 2.51. The first kappa shape index (κ1) is 16.4. The SMILES string of the molecule is CCC1(CC)O[C@H](C(=O)OC)[C@@H](c2ccccc2[N+](=O)[O-])O1. The number of benzene rings is 1. The second kappa shape index (κ2) is 6.41. The van der Waals surface area contributed by atoms with Crippen LogP contribution in [0.25, 0.3) is 0 Å². The Bertz CT molecular complexity index is 569. The monoisotopic (exact) mass is 309 g/mol. The van der Waals surface area contributed by atoms with E-state index in [2.05, 4.69) is 0 Å². The molecule has 1 saturated heterocycles. The van der Waals surface area contributed by atoms with Crippen LogP contribution < -0.4 is 0 Å². The zero-order valence-corrected chi connectivity index (χ0v) is 12.8. The van der Waals surface area contributed by atoms with Gasteiger partial charge in [-0.3, -0.25) is 10.1 Å². The van der Waals surface area contributed by atoms with Crippen molar-refractivity contribution in [1.82, 2.24) is 0 Å². The molecule has 2 atom stereocenters. The number of ether oxygens (including phenoxy) is 3. The number of methoxy groups -OCH3 is 1. The Labute approximate surface area is 128 Å². The van der Waals surface area contributed by atoms with E-state index in [1.165, 1.54) is 13.2 Å². The Morgan fingerprint density at radius 1 is 1.32 bits per heavy atom. The van der Waals surface area contributed by atoms with E-state index in [-0.39, 0.29) is 5.69 Å². The molecule has 1 aliphatic rings. The second-order valence-electron chi connectivity index (χ2n) is 5.03. The van der Waals surface area contributed by atoms with E-state index in [0.29, 0.717) is 18.4 Å². The van der Waals surface area contributed by atoms with Gasteiger partial charge in [0.25, 0.3) is 5.69 Å². The molecule has 0 amide bonds. The van der Waals surface area contributed by atoms with Crippen molar-refractivity contribution in [1.29, 1.82) is 0 Å². The minimum Gasteiger partial charge on any atom is -0.467 e. The number of nitro groups is 1. The van der Waals surface area contributed by atoms with Gasteiger partial charge in [0.05, 0.1) is 17.6 Å². The Morgan fingerprint density at radius 3 is 2.50 bits per heavy atom. The highest BCUT2D eigenvalue weighted by atomic mass is 16.8. The van der Waals surface area contributed by atoms with Gasteiger partial charge in [0, 0.05) is 6.07 Å². The summed E-state index contributed by atoms with van der Waals surface area (Å²) in [7, 11) is 1.25. The molecule has 7 nitrogen and oxygen atoms in total. The highest BCUT2D eigenvalue weighted by Crippen LogP contribution is 2.44. The van der Waals surface area contributed by atoms with E-state index >= 15 is 0 Å². The molecular weight excluding hydrogens is 290 g/mol. The first-order valence-corrected chi connectivity index (χ1v) is 7.14. The molecule has 0 saturated carbocycles. The topological polar surface area (TPSA) is 87.9 Å². The number of para-hydroxylation sites is 1. The maximum Gasteiger partial charge on any atom is 0.338 e. The zero-order valence-electron chi connectivity index (χ0n) is 12.8. The van der Waals surface area contributed by atoms with Crippen LogP contribution in [0.1, 0.15) is 38.4 Å². The van der Waals surface area contributed by atoms with Gasteiger partial charge < -0.3 is 14.2 Å². The summed E-state index contributed by atoms with van der Waals surface area (Å²) in [6.07, 6.45) is -0.845. The normalized spacial score (nSPS) is 23.2. The Balaban J connectivity index is 2.47. The molecule has 7 heteroatoms. The third-order valence-corrected chi connectivity index (χ3v) is 3.91. The summed E-state index contributed by atoms with van der Waals surface area (Å²) in [6, 6.07) is 6.18. The number of hydrogen-bond donors (Lipinski definition) is 0. The largest absolute Gasteiger partial charge is 0.467 e. The first-order valence-electron chi connectivity index (χ1n) is 7.14. The molecule has 0 aromatic heterocycles. The second-order valence-corrected chi connectivity index (χ2v) is 5.03. The molecule has 2 rings (SSSR count). The first-order chi connectivity index (χ1) is 10.5. The lowest BCUT2D eigenvalue weighted by Gasteiger charge is -2.24. The van der Waals surface area contributed by atoms with Crippen LogP contribution in [-0.4, -0.2) is 29.9 Å². The molecule has 22 heavy (non-hydrogen) atoms. The predicted octanol–water partition coefficient (Wildman–Crippen LogP) is 2.74. The minimum atomic E-state index is -1.02. The Morgan fingerprint density at radius 2 is 1.95 bits per heavy atom. The third kappa shape index (κ3) is 2.82. The quantitative estimate of drug-likeness (QED) is 0.472. The lowest BCUT2D eigenvalue weighted by atomic mass is 10.0. The summed E-state index contributed by atoms with van der Waals surface area (Å²) in [4.78, 5) is 22.7. The number of nitro benzene ring substituents is 1. The van der Waals surface area contributed by atoms with Crippen LogP contribution in [0.3, 0.4) is 0 Å². The van der Waals surface area contributed by atoms with Gasteiger partial charge in [-0.1, -0.05) is 26.0 Å². The molecule has 1 heterocycles. The van der Waals surface area contributed by atoms with Crippen LogP contribution in [0.2, 0.25) is 0 Å².